The summed E-state index contributed by atoms with van der Waals surface area (Å²) in [5.41, 5.74) is 4.58. The van der Waals surface area contributed by atoms with Gasteiger partial charge in [-0.2, -0.15) is 0 Å². The number of rotatable bonds is 2. The molecule has 1 aromatic carbocycles. The van der Waals surface area contributed by atoms with E-state index in [0.29, 0.717) is 0 Å². The van der Waals surface area contributed by atoms with Crippen molar-refractivity contribution >= 4 is 0 Å². The van der Waals surface area contributed by atoms with Crippen LogP contribution in [-0.4, -0.2) is 0 Å². The maximum absolute atomic E-state index is 2.43. The predicted octanol–water partition coefficient (Wildman–Crippen LogP) is 4.85. The Bertz CT molecular complexity index is 343. The Kier molecular flexibility index (Phi) is 3.68. The van der Waals surface area contributed by atoms with Crippen LogP contribution < -0.4 is 0 Å². The molecule has 1 aliphatic carbocycles. The summed E-state index contributed by atoms with van der Waals surface area (Å²) in [4.78, 5) is 0. The minimum Gasteiger partial charge on any atom is -0.0625 e. The molecule has 0 amide bonds. The van der Waals surface area contributed by atoms with E-state index in [2.05, 4.69) is 39.0 Å². The first-order valence-corrected chi connectivity index (χ1v) is 6.80. The van der Waals surface area contributed by atoms with Crippen LogP contribution in [0.5, 0.6) is 0 Å². The number of benzene rings is 1. The molecule has 1 aliphatic rings. The van der Waals surface area contributed by atoms with Gasteiger partial charge in [0.25, 0.3) is 0 Å². The molecule has 0 atom stereocenters. The summed E-state index contributed by atoms with van der Waals surface area (Å²) in [6, 6.07) is 7.13. The van der Waals surface area contributed by atoms with Gasteiger partial charge in [0.05, 0.1) is 0 Å². The lowest BCUT2D eigenvalue weighted by molar-refractivity contribution is 0.348. The highest BCUT2D eigenvalue weighted by molar-refractivity contribution is 5.33. The van der Waals surface area contributed by atoms with Crippen molar-refractivity contribution in [3.05, 3.63) is 34.9 Å². The van der Waals surface area contributed by atoms with Crippen molar-refractivity contribution in [3.8, 4) is 0 Å². The molecule has 0 nitrogen and oxygen atoms in total. The lowest BCUT2D eigenvalue weighted by Crippen LogP contribution is -2.11. The molecule has 88 valence electrons. The highest BCUT2D eigenvalue weighted by atomic mass is 14.2. The van der Waals surface area contributed by atoms with Crippen LogP contribution in [-0.2, 0) is 6.42 Å². The summed E-state index contributed by atoms with van der Waals surface area (Å²) < 4.78 is 0. The normalized spacial score (nSPS) is 25.7. The van der Waals surface area contributed by atoms with Crippen LogP contribution in [0.2, 0.25) is 0 Å². The smallest absolute Gasteiger partial charge is 0.0162 e. The summed E-state index contributed by atoms with van der Waals surface area (Å²) in [5, 5.41) is 0. The van der Waals surface area contributed by atoms with Crippen molar-refractivity contribution in [1.29, 1.82) is 0 Å². The van der Waals surface area contributed by atoms with E-state index in [1.54, 1.807) is 5.56 Å². The van der Waals surface area contributed by atoms with Crippen molar-refractivity contribution in [3.63, 3.8) is 0 Å². The second-order valence-corrected chi connectivity index (χ2v) is 5.50. The molecule has 0 aromatic heterocycles. The van der Waals surface area contributed by atoms with E-state index in [-0.39, 0.29) is 0 Å². The average Bonchev–Trinajstić information content (AvgIpc) is 2.30. The van der Waals surface area contributed by atoms with Gasteiger partial charge in [-0.3, -0.25) is 0 Å². The van der Waals surface area contributed by atoms with E-state index >= 15 is 0 Å². The SMILES string of the molecule is CCc1ccc(C2CCC(C)CC2)cc1C. The first kappa shape index (κ1) is 11.7. The molecule has 1 aromatic rings. The number of hydrogen-bond donors (Lipinski definition) is 0. The zero-order valence-corrected chi connectivity index (χ0v) is 10.9. The van der Waals surface area contributed by atoms with E-state index in [1.165, 1.54) is 36.8 Å². The summed E-state index contributed by atoms with van der Waals surface area (Å²) in [6.07, 6.45) is 6.78. The fourth-order valence-electron chi connectivity index (χ4n) is 2.96. The molecule has 0 aliphatic heterocycles. The summed E-state index contributed by atoms with van der Waals surface area (Å²) in [5.74, 6) is 1.79. The molecule has 2 rings (SSSR count). The maximum atomic E-state index is 2.43. The third kappa shape index (κ3) is 2.48. The van der Waals surface area contributed by atoms with Crippen molar-refractivity contribution < 1.29 is 0 Å². The highest BCUT2D eigenvalue weighted by Gasteiger charge is 2.19. The van der Waals surface area contributed by atoms with E-state index in [9.17, 15) is 0 Å². The molecule has 1 saturated carbocycles. The second-order valence-electron chi connectivity index (χ2n) is 5.50. The Labute approximate surface area is 100 Å². The van der Waals surface area contributed by atoms with Gasteiger partial charge in [-0.05, 0) is 54.7 Å². The largest absolute Gasteiger partial charge is 0.0625 e. The van der Waals surface area contributed by atoms with Gasteiger partial charge in [-0.15, -0.1) is 0 Å². The average molecular weight is 216 g/mol. The maximum Gasteiger partial charge on any atom is -0.0162 e. The lowest BCUT2D eigenvalue weighted by Gasteiger charge is -2.27. The molecule has 16 heavy (non-hydrogen) atoms. The van der Waals surface area contributed by atoms with Crippen LogP contribution in [0.3, 0.4) is 0 Å². The Balaban J connectivity index is 2.12. The molecule has 0 heteroatoms. The second kappa shape index (κ2) is 5.03. The van der Waals surface area contributed by atoms with Crippen LogP contribution in [0.4, 0.5) is 0 Å². The van der Waals surface area contributed by atoms with Crippen LogP contribution in [0.1, 0.15) is 62.1 Å². The minimum absolute atomic E-state index is 0.834. The molecule has 0 heterocycles. The standard InChI is InChI=1S/C16H24/c1-4-14-9-10-16(11-13(14)3)15-7-5-12(2)6-8-15/h9-12,15H,4-8H2,1-3H3. The van der Waals surface area contributed by atoms with Gasteiger partial charge < -0.3 is 0 Å². The first-order valence-electron chi connectivity index (χ1n) is 6.80. The van der Waals surface area contributed by atoms with Crippen molar-refractivity contribution in [2.24, 2.45) is 5.92 Å². The molecule has 1 fully saturated rings. The topological polar surface area (TPSA) is 0 Å². The highest BCUT2D eigenvalue weighted by Crippen LogP contribution is 2.35. The molecule has 0 spiro atoms. The van der Waals surface area contributed by atoms with Gasteiger partial charge in [0.15, 0.2) is 0 Å². The quantitative estimate of drug-likeness (QED) is 0.663. The van der Waals surface area contributed by atoms with E-state index in [0.717, 1.165) is 18.3 Å². The van der Waals surface area contributed by atoms with Gasteiger partial charge in [0, 0.05) is 0 Å². The van der Waals surface area contributed by atoms with Crippen LogP contribution >= 0.6 is 0 Å². The van der Waals surface area contributed by atoms with Crippen LogP contribution in [0.15, 0.2) is 18.2 Å². The van der Waals surface area contributed by atoms with Gasteiger partial charge in [-0.1, -0.05) is 44.9 Å². The molecule has 0 saturated heterocycles. The van der Waals surface area contributed by atoms with E-state index < -0.39 is 0 Å². The van der Waals surface area contributed by atoms with Crippen LogP contribution in [0.25, 0.3) is 0 Å². The molecule has 0 unspecified atom stereocenters. The van der Waals surface area contributed by atoms with Crippen LogP contribution in [0, 0.1) is 12.8 Å². The Morgan fingerprint density at radius 2 is 1.81 bits per heavy atom. The third-order valence-electron chi connectivity index (χ3n) is 4.23. The Hall–Kier alpha value is -0.780. The van der Waals surface area contributed by atoms with Gasteiger partial charge >= 0.3 is 0 Å². The third-order valence-corrected chi connectivity index (χ3v) is 4.23. The van der Waals surface area contributed by atoms with Gasteiger partial charge in [-0.25, -0.2) is 0 Å². The number of hydrogen-bond acceptors (Lipinski definition) is 0. The molecular formula is C16H24. The van der Waals surface area contributed by atoms with Gasteiger partial charge in [0.1, 0.15) is 0 Å². The fraction of sp³-hybridized carbons (Fsp3) is 0.625. The zero-order chi connectivity index (χ0) is 11.5. The number of aryl methyl sites for hydroxylation is 2. The Morgan fingerprint density at radius 3 is 2.38 bits per heavy atom. The molecule has 0 N–H and O–H groups in total. The van der Waals surface area contributed by atoms with Crippen molar-refractivity contribution in [2.75, 3.05) is 0 Å². The summed E-state index contributed by atoms with van der Waals surface area (Å²) >= 11 is 0. The monoisotopic (exact) mass is 216 g/mol. The summed E-state index contributed by atoms with van der Waals surface area (Å²) in [6.45, 7) is 6.89. The Morgan fingerprint density at radius 1 is 1.12 bits per heavy atom. The molecule has 0 radical (unpaired) electrons. The predicted molar refractivity (Wildman–Crippen MR) is 70.9 cm³/mol. The van der Waals surface area contributed by atoms with E-state index in [1.807, 2.05) is 0 Å². The van der Waals surface area contributed by atoms with Crippen molar-refractivity contribution in [2.45, 2.75) is 58.8 Å². The zero-order valence-electron chi connectivity index (χ0n) is 10.9. The van der Waals surface area contributed by atoms with Crippen molar-refractivity contribution in [1.82, 2.24) is 0 Å². The minimum atomic E-state index is 0.834. The fourth-order valence-corrected chi connectivity index (χ4v) is 2.96. The molecular weight excluding hydrogens is 192 g/mol. The summed E-state index contributed by atoms with van der Waals surface area (Å²) in [7, 11) is 0. The van der Waals surface area contributed by atoms with Gasteiger partial charge in [0.2, 0.25) is 0 Å². The first-order chi connectivity index (χ1) is 7.70. The van der Waals surface area contributed by atoms with E-state index in [4.69, 9.17) is 0 Å². The lowest BCUT2D eigenvalue weighted by atomic mass is 9.79. The molecule has 0 bridgehead atoms.